The quantitative estimate of drug-likeness (QED) is 0.579. The molecule has 1 aromatic rings. The minimum absolute atomic E-state index is 0.294. The molecule has 0 aliphatic heterocycles. The predicted molar refractivity (Wildman–Crippen MR) is 55.0 cm³/mol. The number of hydrogen-bond acceptors (Lipinski definition) is 3. The monoisotopic (exact) mass is 207 g/mol. The van der Waals surface area contributed by atoms with Crippen LogP contribution >= 0.6 is 0 Å². The third-order valence-electron chi connectivity index (χ3n) is 1.89. The van der Waals surface area contributed by atoms with Crippen molar-refractivity contribution in [2.45, 2.75) is 13.0 Å². The van der Waals surface area contributed by atoms with Gasteiger partial charge in [0.15, 0.2) is 6.04 Å². The first-order valence-electron chi connectivity index (χ1n) is 4.71. The fourth-order valence-corrected chi connectivity index (χ4v) is 1.24. The summed E-state index contributed by atoms with van der Waals surface area (Å²) >= 11 is 0. The summed E-state index contributed by atoms with van der Waals surface area (Å²) in [7, 11) is 0. The molecule has 0 unspecified atom stereocenters. The van der Waals surface area contributed by atoms with Gasteiger partial charge >= 0.3 is 5.97 Å². The molecule has 1 rings (SSSR count). The summed E-state index contributed by atoms with van der Waals surface area (Å²) in [5.41, 5.74) is 0.711. The van der Waals surface area contributed by atoms with Crippen molar-refractivity contribution in [2.24, 2.45) is 0 Å². The number of ether oxygens (including phenoxy) is 1. The summed E-state index contributed by atoms with van der Waals surface area (Å²) in [6.45, 7) is 2.02. The van der Waals surface area contributed by atoms with Gasteiger partial charge in [0.05, 0.1) is 6.61 Å². The minimum atomic E-state index is -0.719. The maximum atomic E-state index is 11.5. The number of carbonyl (C=O) groups excluding carboxylic acids is 2. The van der Waals surface area contributed by atoms with Crippen LogP contribution < -0.4 is 5.32 Å². The van der Waals surface area contributed by atoms with Crippen LogP contribution in [0.4, 0.5) is 0 Å². The van der Waals surface area contributed by atoms with Crippen molar-refractivity contribution in [3.63, 3.8) is 0 Å². The van der Waals surface area contributed by atoms with Crippen molar-refractivity contribution in [1.29, 1.82) is 0 Å². The van der Waals surface area contributed by atoms with Gasteiger partial charge in [0.25, 0.3) is 0 Å². The second-order valence-electron chi connectivity index (χ2n) is 2.88. The second kappa shape index (κ2) is 5.80. The highest BCUT2D eigenvalue weighted by Gasteiger charge is 2.20. The Morgan fingerprint density at radius 2 is 2.13 bits per heavy atom. The average molecular weight is 207 g/mol. The molecule has 1 atom stereocenters. The first kappa shape index (κ1) is 11.2. The van der Waals surface area contributed by atoms with Crippen molar-refractivity contribution >= 4 is 12.4 Å². The van der Waals surface area contributed by atoms with Gasteiger partial charge in [-0.15, -0.1) is 0 Å². The van der Waals surface area contributed by atoms with Gasteiger partial charge in [0.1, 0.15) is 0 Å². The van der Waals surface area contributed by atoms with Crippen molar-refractivity contribution < 1.29 is 14.3 Å². The minimum Gasteiger partial charge on any atom is -0.464 e. The molecular formula is C11H13NO3. The first-order valence-corrected chi connectivity index (χ1v) is 4.71. The van der Waals surface area contributed by atoms with Gasteiger partial charge in [-0.25, -0.2) is 4.79 Å². The van der Waals surface area contributed by atoms with Gasteiger partial charge in [-0.1, -0.05) is 30.3 Å². The maximum Gasteiger partial charge on any atom is 0.333 e. The molecule has 0 heterocycles. The van der Waals surface area contributed by atoms with E-state index in [1.54, 1.807) is 31.2 Å². The van der Waals surface area contributed by atoms with Crippen LogP contribution in [0.2, 0.25) is 0 Å². The van der Waals surface area contributed by atoms with E-state index >= 15 is 0 Å². The Balaban J connectivity index is 2.82. The normalized spacial score (nSPS) is 11.5. The fourth-order valence-electron chi connectivity index (χ4n) is 1.24. The van der Waals surface area contributed by atoms with E-state index in [2.05, 4.69) is 5.32 Å². The molecule has 0 bridgehead atoms. The molecule has 0 aliphatic rings. The largest absolute Gasteiger partial charge is 0.464 e. The summed E-state index contributed by atoms with van der Waals surface area (Å²) in [5.74, 6) is -0.448. The number of amides is 1. The molecule has 1 amide bonds. The number of benzene rings is 1. The maximum absolute atomic E-state index is 11.5. The summed E-state index contributed by atoms with van der Waals surface area (Å²) in [6.07, 6.45) is 0.495. The molecule has 0 radical (unpaired) electrons. The Morgan fingerprint density at radius 3 is 2.67 bits per heavy atom. The lowest BCUT2D eigenvalue weighted by atomic mass is 10.1. The third-order valence-corrected chi connectivity index (χ3v) is 1.89. The standard InChI is InChI=1S/C11H13NO3/c1-2-15-11(14)10(12-8-13)9-6-4-3-5-7-9/h3-8,10H,2H2,1H3,(H,12,13)/t10-/m1/s1. The highest BCUT2D eigenvalue weighted by atomic mass is 16.5. The van der Waals surface area contributed by atoms with E-state index in [1.165, 1.54) is 0 Å². The molecule has 0 aliphatic carbocycles. The van der Waals surface area contributed by atoms with Gasteiger partial charge < -0.3 is 10.1 Å². The highest BCUT2D eigenvalue weighted by molar-refractivity contribution is 5.79. The molecule has 4 heteroatoms. The molecular weight excluding hydrogens is 194 g/mol. The fraction of sp³-hybridized carbons (Fsp3) is 0.273. The zero-order chi connectivity index (χ0) is 11.1. The number of carbonyl (C=O) groups is 2. The number of nitrogens with one attached hydrogen (secondary N) is 1. The van der Waals surface area contributed by atoms with Crippen LogP contribution in [0.3, 0.4) is 0 Å². The smallest absolute Gasteiger partial charge is 0.333 e. The van der Waals surface area contributed by atoms with E-state index < -0.39 is 12.0 Å². The number of rotatable bonds is 5. The lowest BCUT2D eigenvalue weighted by Crippen LogP contribution is -2.29. The van der Waals surface area contributed by atoms with E-state index in [4.69, 9.17) is 4.74 Å². The molecule has 0 fully saturated rings. The highest BCUT2D eigenvalue weighted by Crippen LogP contribution is 2.13. The lowest BCUT2D eigenvalue weighted by molar-refractivity contribution is -0.146. The Morgan fingerprint density at radius 1 is 1.47 bits per heavy atom. The molecule has 1 aromatic carbocycles. The van der Waals surface area contributed by atoms with Gasteiger partial charge in [-0.3, -0.25) is 4.79 Å². The zero-order valence-corrected chi connectivity index (χ0v) is 8.47. The summed E-state index contributed by atoms with van der Waals surface area (Å²) in [6, 6.07) is 8.24. The van der Waals surface area contributed by atoms with Crippen molar-refractivity contribution in [1.82, 2.24) is 5.32 Å². The number of hydrogen-bond donors (Lipinski definition) is 1. The van der Waals surface area contributed by atoms with Crippen LogP contribution in [0.15, 0.2) is 30.3 Å². The van der Waals surface area contributed by atoms with Crippen LogP contribution in [-0.4, -0.2) is 19.0 Å². The molecule has 15 heavy (non-hydrogen) atoms. The molecule has 1 N–H and O–H groups in total. The summed E-state index contributed by atoms with van der Waals surface area (Å²) in [4.78, 5) is 21.9. The Kier molecular flexibility index (Phi) is 4.34. The van der Waals surface area contributed by atoms with Crippen LogP contribution in [0.25, 0.3) is 0 Å². The zero-order valence-electron chi connectivity index (χ0n) is 8.47. The molecule has 4 nitrogen and oxygen atoms in total. The van der Waals surface area contributed by atoms with E-state index in [0.29, 0.717) is 18.6 Å². The van der Waals surface area contributed by atoms with Gasteiger partial charge in [-0.05, 0) is 12.5 Å². The Hall–Kier alpha value is -1.84. The Labute approximate surface area is 88.2 Å². The number of esters is 1. The molecule has 0 saturated carbocycles. The summed E-state index contributed by atoms with van der Waals surface area (Å²) in [5, 5.41) is 2.43. The lowest BCUT2D eigenvalue weighted by Gasteiger charge is -2.14. The van der Waals surface area contributed by atoms with E-state index in [1.807, 2.05) is 6.07 Å². The average Bonchev–Trinajstić information content (AvgIpc) is 2.27. The Bertz CT molecular complexity index is 324. The second-order valence-corrected chi connectivity index (χ2v) is 2.88. The third kappa shape index (κ3) is 3.09. The van der Waals surface area contributed by atoms with E-state index in [-0.39, 0.29) is 0 Å². The van der Waals surface area contributed by atoms with Crippen molar-refractivity contribution in [3.8, 4) is 0 Å². The van der Waals surface area contributed by atoms with Crippen molar-refractivity contribution in [2.75, 3.05) is 6.61 Å². The van der Waals surface area contributed by atoms with Gasteiger partial charge in [0, 0.05) is 0 Å². The van der Waals surface area contributed by atoms with Crippen molar-refractivity contribution in [3.05, 3.63) is 35.9 Å². The SMILES string of the molecule is CCOC(=O)[C@H](NC=O)c1ccccc1. The topological polar surface area (TPSA) is 55.4 Å². The predicted octanol–water partition coefficient (Wildman–Crippen LogP) is 1.04. The van der Waals surface area contributed by atoms with E-state index in [0.717, 1.165) is 0 Å². The van der Waals surface area contributed by atoms with E-state index in [9.17, 15) is 9.59 Å². The first-order chi connectivity index (χ1) is 7.29. The van der Waals surface area contributed by atoms with Gasteiger partial charge in [-0.2, -0.15) is 0 Å². The molecule has 0 spiro atoms. The van der Waals surface area contributed by atoms with Crippen LogP contribution in [0.1, 0.15) is 18.5 Å². The van der Waals surface area contributed by atoms with Crippen LogP contribution in [0.5, 0.6) is 0 Å². The van der Waals surface area contributed by atoms with Crippen LogP contribution in [-0.2, 0) is 14.3 Å². The molecule has 0 aromatic heterocycles. The summed E-state index contributed by atoms with van der Waals surface area (Å²) < 4.78 is 4.85. The van der Waals surface area contributed by atoms with Gasteiger partial charge in [0.2, 0.25) is 6.41 Å². The molecule has 80 valence electrons. The molecule has 0 saturated heterocycles. The van der Waals surface area contributed by atoms with Crippen LogP contribution in [0, 0.1) is 0 Å².